The van der Waals surface area contributed by atoms with Crippen molar-refractivity contribution in [3.05, 3.63) is 58.3 Å². The van der Waals surface area contributed by atoms with Crippen molar-refractivity contribution in [1.29, 1.82) is 0 Å². The third-order valence-electron chi connectivity index (χ3n) is 3.01. The lowest BCUT2D eigenvalue weighted by Gasteiger charge is -2.21. The second-order valence-corrected chi connectivity index (χ2v) is 5.46. The topological polar surface area (TPSA) is 36.4 Å². The van der Waals surface area contributed by atoms with E-state index in [4.69, 9.17) is 0 Å². The van der Waals surface area contributed by atoms with Crippen molar-refractivity contribution in [2.45, 2.75) is 19.6 Å². The minimum atomic E-state index is -0.450. The maximum atomic E-state index is 9.57. The lowest BCUT2D eigenvalue weighted by Crippen LogP contribution is -2.17. The number of pyridine rings is 1. The molecule has 0 aliphatic heterocycles. The van der Waals surface area contributed by atoms with Gasteiger partial charge in [0.2, 0.25) is 0 Å². The smallest absolute Gasteiger partial charge is 0.0762 e. The molecule has 19 heavy (non-hydrogen) atoms. The van der Waals surface area contributed by atoms with Crippen LogP contribution in [0.3, 0.4) is 0 Å². The number of hydrogen-bond acceptors (Lipinski definition) is 3. The molecule has 1 atom stereocenters. The number of halogens is 1. The number of aliphatic hydroxyl groups excluding tert-OH is 1. The second-order valence-electron chi connectivity index (χ2n) is 4.60. The molecule has 1 aromatic heterocycles. The highest BCUT2D eigenvalue weighted by molar-refractivity contribution is 9.10. The first-order chi connectivity index (χ1) is 9.08. The van der Waals surface area contributed by atoms with Crippen LogP contribution in [0.4, 0.5) is 5.69 Å². The predicted octanol–water partition coefficient (Wildman–Crippen LogP) is 3.53. The average molecular weight is 321 g/mol. The number of hydrogen-bond donors (Lipinski definition) is 1. The molecule has 4 heteroatoms. The van der Waals surface area contributed by atoms with Gasteiger partial charge in [0, 0.05) is 30.5 Å². The van der Waals surface area contributed by atoms with E-state index in [0.29, 0.717) is 0 Å². The van der Waals surface area contributed by atoms with Crippen LogP contribution in [0.1, 0.15) is 24.2 Å². The molecule has 2 rings (SSSR count). The van der Waals surface area contributed by atoms with Gasteiger partial charge in [-0.15, -0.1) is 0 Å². The first-order valence-corrected chi connectivity index (χ1v) is 6.95. The molecule has 3 nitrogen and oxygen atoms in total. The van der Waals surface area contributed by atoms with Crippen LogP contribution in [0, 0.1) is 0 Å². The Balaban J connectivity index is 2.17. The monoisotopic (exact) mass is 320 g/mol. The van der Waals surface area contributed by atoms with Gasteiger partial charge in [0.05, 0.1) is 11.8 Å². The highest BCUT2D eigenvalue weighted by Gasteiger charge is 2.09. The molecule has 100 valence electrons. The average Bonchev–Trinajstić information content (AvgIpc) is 2.39. The number of benzene rings is 1. The summed E-state index contributed by atoms with van der Waals surface area (Å²) >= 11 is 3.56. The molecule has 0 saturated carbocycles. The van der Waals surface area contributed by atoms with Crippen molar-refractivity contribution in [2.75, 3.05) is 11.9 Å². The quantitative estimate of drug-likeness (QED) is 0.936. The van der Waals surface area contributed by atoms with Crippen LogP contribution in [0.2, 0.25) is 0 Å². The Labute approximate surface area is 122 Å². The molecular weight excluding hydrogens is 304 g/mol. The van der Waals surface area contributed by atoms with Crippen LogP contribution in [-0.4, -0.2) is 17.1 Å². The number of rotatable bonds is 4. The molecule has 0 bridgehead atoms. The summed E-state index contributed by atoms with van der Waals surface area (Å²) in [7, 11) is 2.04. The standard InChI is InChI=1S/C15H17BrN2O/c1-11(19)13-5-6-15(14(16)8-13)18(2)10-12-4-3-7-17-9-12/h3-9,11,19H,10H2,1-2H3/t11-/m0/s1. The van der Waals surface area contributed by atoms with E-state index in [1.165, 1.54) is 0 Å². The maximum absolute atomic E-state index is 9.57. The Morgan fingerprint density at radius 1 is 1.37 bits per heavy atom. The molecular formula is C15H17BrN2O. The van der Waals surface area contributed by atoms with Crippen molar-refractivity contribution < 1.29 is 5.11 Å². The molecule has 2 aromatic rings. The first kappa shape index (κ1) is 14.0. The van der Waals surface area contributed by atoms with E-state index in [0.717, 1.165) is 27.8 Å². The molecule has 1 heterocycles. The van der Waals surface area contributed by atoms with E-state index >= 15 is 0 Å². The molecule has 0 unspecified atom stereocenters. The maximum Gasteiger partial charge on any atom is 0.0762 e. The van der Waals surface area contributed by atoms with E-state index in [2.05, 4.69) is 31.9 Å². The number of aliphatic hydroxyl groups is 1. The van der Waals surface area contributed by atoms with Crippen LogP contribution >= 0.6 is 15.9 Å². The van der Waals surface area contributed by atoms with Gasteiger partial charge in [0.15, 0.2) is 0 Å². The molecule has 0 aliphatic carbocycles. The van der Waals surface area contributed by atoms with Crippen LogP contribution in [0.25, 0.3) is 0 Å². The predicted molar refractivity (Wildman–Crippen MR) is 81.1 cm³/mol. The van der Waals surface area contributed by atoms with E-state index in [1.807, 2.05) is 37.5 Å². The van der Waals surface area contributed by atoms with Gasteiger partial charge in [0.25, 0.3) is 0 Å². The zero-order chi connectivity index (χ0) is 13.8. The minimum absolute atomic E-state index is 0.450. The fraction of sp³-hybridized carbons (Fsp3) is 0.267. The first-order valence-electron chi connectivity index (χ1n) is 6.15. The summed E-state index contributed by atoms with van der Waals surface area (Å²) in [5.41, 5.74) is 3.16. The summed E-state index contributed by atoms with van der Waals surface area (Å²) in [6.07, 6.45) is 3.19. The van der Waals surface area contributed by atoms with Crippen molar-refractivity contribution in [3.63, 3.8) is 0 Å². The third-order valence-corrected chi connectivity index (χ3v) is 3.64. The third kappa shape index (κ3) is 3.55. The van der Waals surface area contributed by atoms with Gasteiger partial charge in [-0.3, -0.25) is 4.98 Å². The Kier molecular flexibility index (Phi) is 4.56. The Morgan fingerprint density at radius 3 is 2.74 bits per heavy atom. The van der Waals surface area contributed by atoms with Crippen molar-refractivity contribution in [1.82, 2.24) is 4.98 Å². The molecule has 1 N–H and O–H groups in total. The molecule has 0 aliphatic rings. The normalized spacial score (nSPS) is 12.2. The summed E-state index contributed by atoms with van der Waals surface area (Å²) in [5.74, 6) is 0. The Bertz CT molecular complexity index is 543. The second kappa shape index (κ2) is 6.17. The Morgan fingerprint density at radius 2 is 2.16 bits per heavy atom. The summed E-state index contributed by atoms with van der Waals surface area (Å²) in [5, 5.41) is 9.57. The van der Waals surface area contributed by atoms with Gasteiger partial charge in [-0.25, -0.2) is 0 Å². The van der Waals surface area contributed by atoms with Crippen molar-refractivity contribution >= 4 is 21.6 Å². The van der Waals surface area contributed by atoms with Crippen molar-refractivity contribution in [3.8, 4) is 0 Å². The lowest BCUT2D eigenvalue weighted by atomic mass is 10.1. The zero-order valence-corrected chi connectivity index (χ0v) is 12.6. The lowest BCUT2D eigenvalue weighted by molar-refractivity contribution is 0.199. The molecule has 0 radical (unpaired) electrons. The summed E-state index contributed by atoms with van der Waals surface area (Å²) < 4.78 is 0.984. The molecule has 0 fully saturated rings. The molecule has 0 saturated heterocycles. The van der Waals surface area contributed by atoms with Gasteiger partial charge >= 0.3 is 0 Å². The number of nitrogens with zero attached hydrogens (tertiary/aromatic N) is 2. The van der Waals surface area contributed by atoms with Crippen LogP contribution < -0.4 is 4.90 Å². The van der Waals surface area contributed by atoms with Gasteiger partial charge in [-0.1, -0.05) is 12.1 Å². The van der Waals surface area contributed by atoms with E-state index in [9.17, 15) is 5.11 Å². The fourth-order valence-corrected chi connectivity index (χ4v) is 2.64. The minimum Gasteiger partial charge on any atom is -0.389 e. The van der Waals surface area contributed by atoms with E-state index in [-0.39, 0.29) is 0 Å². The number of anilines is 1. The highest BCUT2D eigenvalue weighted by Crippen LogP contribution is 2.29. The SMILES string of the molecule is C[C@H](O)c1ccc(N(C)Cc2cccnc2)c(Br)c1. The molecule has 0 spiro atoms. The Hall–Kier alpha value is -1.39. The fourth-order valence-electron chi connectivity index (χ4n) is 1.94. The van der Waals surface area contributed by atoms with Crippen LogP contribution in [0.5, 0.6) is 0 Å². The summed E-state index contributed by atoms with van der Waals surface area (Å²) in [6, 6.07) is 9.92. The van der Waals surface area contributed by atoms with Gasteiger partial charge in [-0.05, 0) is 52.2 Å². The van der Waals surface area contributed by atoms with Gasteiger partial charge in [0.1, 0.15) is 0 Å². The van der Waals surface area contributed by atoms with Crippen LogP contribution in [-0.2, 0) is 6.54 Å². The van der Waals surface area contributed by atoms with Gasteiger partial charge < -0.3 is 10.0 Å². The summed E-state index contributed by atoms with van der Waals surface area (Å²) in [4.78, 5) is 6.27. The number of aromatic nitrogens is 1. The van der Waals surface area contributed by atoms with Gasteiger partial charge in [-0.2, -0.15) is 0 Å². The van der Waals surface area contributed by atoms with Crippen molar-refractivity contribution in [2.24, 2.45) is 0 Å². The molecule has 0 amide bonds. The summed E-state index contributed by atoms with van der Waals surface area (Å²) in [6.45, 7) is 2.56. The zero-order valence-electron chi connectivity index (χ0n) is 11.0. The van der Waals surface area contributed by atoms with E-state index < -0.39 is 6.10 Å². The van der Waals surface area contributed by atoms with Crippen LogP contribution in [0.15, 0.2) is 47.2 Å². The highest BCUT2D eigenvalue weighted by atomic mass is 79.9. The van der Waals surface area contributed by atoms with E-state index in [1.54, 1.807) is 13.1 Å². The largest absolute Gasteiger partial charge is 0.389 e. The molecule has 1 aromatic carbocycles.